The zero-order chi connectivity index (χ0) is 11.9. The molecule has 2 rings (SSSR count). The lowest BCUT2D eigenvalue weighted by Crippen LogP contribution is -1.99. The summed E-state index contributed by atoms with van der Waals surface area (Å²) in [6.45, 7) is 4.61. The zero-order valence-electron chi connectivity index (χ0n) is 9.76. The molecule has 0 saturated heterocycles. The van der Waals surface area contributed by atoms with E-state index in [1.807, 2.05) is 12.1 Å². The first kappa shape index (κ1) is 12.3. The summed E-state index contributed by atoms with van der Waals surface area (Å²) < 4.78 is 5.15. The van der Waals surface area contributed by atoms with Crippen molar-refractivity contribution in [2.45, 2.75) is 25.1 Å². The Morgan fingerprint density at radius 1 is 1.50 bits per heavy atom. The molecule has 0 aliphatic heterocycles. The highest BCUT2D eigenvalue weighted by atomic mass is 79.9. The van der Waals surface area contributed by atoms with Crippen molar-refractivity contribution in [2.24, 2.45) is 11.3 Å². The normalized spacial score (nSPS) is 23.9. The van der Waals surface area contributed by atoms with Gasteiger partial charge in [0.2, 0.25) is 0 Å². The van der Waals surface area contributed by atoms with Gasteiger partial charge in [-0.2, -0.15) is 0 Å². The number of rotatable bonds is 3. The largest absolute Gasteiger partial charge is 0.495 e. The van der Waals surface area contributed by atoms with Gasteiger partial charge in [0, 0.05) is 4.83 Å². The fourth-order valence-electron chi connectivity index (χ4n) is 2.09. The number of methoxy groups -OCH3 is 1. The molecule has 0 spiro atoms. The van der Waals surface area contributed by atoms with Crippen LogP contribution in [0.1, 0.15) is 30.7 Å². The van der Waals surface area contributed by atoms with Crippen LogP contribution in [0.2, 0.25) is 5.02 Å². The number of benzene rings is 1. The maximum Gasteiger partial charge on any atom is 0.137 e. The quantitative estimate of drug-likeness (QED) is 0.727. The van der Waals surface area contributed by atoms with Crippen LogP contribution >= 0.6 is 27.5 Å². The third-order valence-electron chi connectivity index (χ3n) is 3.44. The third-order valence-corrected chi connectivity index (χ3v) is 4.90. The van der Waals surface area contributed by atoms with Gasteiger partial charge in [-0.1, -0.05) is 47.4 Å². The molecule has 1 nitrogen and oxygen atoms in total. The average molecular weight is 304 g/mol. The lowest BCUT2D eigenvalue weighted by molar-refractivity contribution is 0.415. The predicted octanol–water partition coefficient (Wildman–Crippen LogP) is 4.83. The molecule has 1 aromatic carbocycles. The highest BCUT2D eigenvalue weighted by molar-refractivity contribution is 9.09. The van der Waals surface area contributed by atoms with E-state index >= 15 is 0 Å². The molecule has 1 aliphatic rings. The smallest absolute Gasteiger partial charge is 0.137 e. The second-order valence-corrected chi connectivity index (χ2v) is 6.49. The van der Waals surface area contributed by atoms with Crippen molar-refractivity contribution < 1.29 is 4.74 Å². The predicted molar refractivity (Wildman–Crippen MR) is 71.6 cm³/mol. The summed E-state index contributed by atoms with van der Waals surface area (Å²) in [5, 5.41) is 0.683. The summed E-state index contributed by atoms with van der Waals surface area (Å²) in [6.07, 6.45) is 1.27. The van der Waals surface area contributed by atoms with Gasteiger partial charge in [0.25, 0.3) is 0 Å². The van der Waals surface area contributed by atoms with Gasteiger partial charge in [-0.15, -0.1) is 0 Å². The van der Waals surface area contributed by atoms with E-state index in [4.69, 9.17) is 16.3 Å². The number of halogens is 2. The molecule has 88 valence electrons. The average Bonchev–Trinajstić information content (AvgIpc) is 2.86. The molecule has 3 heteroatoms. The van der Waals surface area contributed by atoms with E-state index < -0.39 is 0 Å². The summed E-state index contributed by atoms with van der Waals surface area (Å²) in [5.41, 5.74) is 1.70. The van der Waals surface area contributed by atoms with E-state index in [1.165, 1.54) is 12.0 Å². The maximum absolute atomic E-state index is 6.12. The Morgan fingerprint density at radius 2 is 2.12 bits per heavy atom. The lowest BCUT2D eigenvalue weighted by Gasteiger charge is -2.13. The minimum atomic E-state index is 0.394. The van der Waals surface area contributed by atoms with Crippen molar-refractivity contribution in [3.8, 4) is 5.75 Å². The van der Waals surface area contributed by atoms with Crippen molar-refractivity contribution in [1.82, 2.24) is 0 Å². The van der Waals surface area contributed by atoms with Crippen molar-refractivity contribution in [1.29, 1.82) is 0 Å². The fraction of sp³-hybridized carbons (Fsp3) is 0.538. The van der Waals surface area contributed by atoms with Crippen LogP contribution in [0.25, 0.3) is 0 Å². The molecule has 0 aromatic heterocycles. The first-order valence-corrected chi connectivity index (χ1v) is 6.72. The third kappa shape index (κ3) is 2.23. The Hall–Kier alpha value is -0.210. The van der Waals surface area contributed by atoms with Crippen LogP contribution in [0.5, 0.6) is 5.75 Å². The summed E-state index contributed by atoms with van der Waals surface area (Å²) >= 11 is 9.89. The monoisotopic (exact) mass is 302 g/mol. The van der Waals surface area contributed by atoms with Crippen LogP contribution in [0.3, 0.4) is 0 Å². The van der Waals surface area contributed by atoms with Crippen molar-refractivity contribution >= 4 is 27.5 Å². The molecule has 0 bridgehead atoms. The van der Waals surface area contributed by atoms with Crippen LogP contribution in [0.4, 0.5) is 0 Å². The van der Waals surface area contributed by atoms with E-state index in [-0.39, 0.29) is 0 Å². The highest BCUT2D eigenvalue weighted by Crippen LogP contribution is 2.60. The topological polar surface area (TPSA) is 9.23 Å². The van der Waals surface area contributed by atoms with Gasteiger partial charge in [-0.25, -0.2) is 0 Å². The van der Waals surface area contributed by atoms with Crippen molar-refractivity contribution in [2.75, 3.05) is 7.11 Å². The molecule has 0 N–H and O–H groups in total. The number of hydrogen-bond acceptors (Lipinski definition) is 1. The molecular weight excluding hydrogens is 287 g/mol. The molecule has 1 saturated carbocycles. The van der Waals surface area contributed by atoms with Crippen molar-refractivity contribution in [3.05, 3.63) is 28.8 Å². The second-order valence-electron chi connectivity index (χ2n) is 5.09. The second kappa shape index (κ2) is 4.23. The van der Waals surface area contributed by atoms with E-state index in [0.717, 1.165) is 5.75 Å². The standard InChI is InChI=1S/C13H16BrClO/c1-13(2)7-9(13)12(14)8-4-5-11(16-3)10(15)6-8/h4-6,9,12H,7H2,1-3H3. The van der Waals surface area contributed by atoms with Crippen LogP contribution in [0.15, 0.2) is 18.2 Å². The van der Waals surface area contributed by atoms with Crippen molar-refractivity contribution in [3.63, 3.8) is 0 Å². The highest BCUT2D eigenvalue weighted by Gasteiger charge is 2.49. The Labute approximate surface area is 110 Å². The minimum Gasteiger partial charge on any atom is -0.495 e. The van der Waals surface area contributed by atoms with E-state index in [9.17, 15) is 0 Å². The van der Waals surface area contributed by atoms with Crippen LogP contribution < -0.4 is 4.74 Å². The van der Waals surface area contributed by atoms with Gasteiger partial charge < -0.3 is 4.74 Å². The molecule has 0 radical (unpaired) electrons. The Morgan fingerprint density at radius 3 is 2.56 bits per heavy atom. The van der Waals surface area contributed by atoms with Gasteiger partial charge in [0.15, 0.2) is 0 Å². The van der Waals surface area contributed by atoms with Crippen LogP contribution in [0, 0.1) is 11.3 Å². The Bertz CT molecular complexity index is 403. The molecule has 0 amide bonds. The molecule has 1 aromatic rings. The van der Waals surface area contributed by atoms with Gasteiger partial charge in [0.1, 0.15) is 5.75 Å². The zero-order valence-corrected chi connectivity index (χ0v) is 12.1. The fourth-order valence-corrected chi connectivity index (χ4v) is 3.55. The maximum atomic E-state index is 6.12. The molecule has 0 heterocycles. The molecule has 16 heavy (non-hydrogen) atoms. The molecule has 2 atom stereocenters. The molecular formula is C13H16BrClO. The first-order valence-electron chi connectivity index (χ1n) is 5.43. The molecule has 1 fully saturated rings. The van der Waals surface area contributed by atoms with E-state index in [0.29, 0.717) is 21.2 Å². The summed E-state index contributed by atoms with van der Waals surface area (Å²) in [5.74, 6) is 1.44. The van der Waals surface area contributed by atoms with Gasteiger partial charge in [-0.05, 0) is 35.4 Å². The summed E-state index contributed by atoms with van der Waals surface area (Å²) in [4.78, 5) is 0.394. The first-order chi connectivity index (χ1) is 7.45. The van der Waals surface area contributed by atoms with E-state index in [1.54, 1.807) is 7.11 Å². The Kier molecular flexibility index (Phi) is 3.24. The number of alkyl halides is 1. The van der Waals surface area contributed by atoms with Crippen LogP contribution in [-0.2, 0) is 0 Å². The van der Waals surface area contributed by atoms with Gasteiger partial charge in [-0.3, -0.25) is 0 Å². The minimum absolute atomic E-state index is 0.394. The summed E-state index contributed by atoms with van der Waals surface area (Å²) in [6, 6.07) is 6.01. The molecule has 2 unspecified atom stereocenters. The number of hydrogen-bond donors (Lipinski definition) is 0. The van der Waals surface area contributed by atoms with E-state index in [2.05, 4.69) is 35.8 Å². The molecule has 1 aliphatic carbocycles. The van der Waals surface area contributed by atoms with Gasteiger partial charge >= 0.3 is 0 Å². The number of ether oxygens (including phenoxy) is 1. The van der Waals surface area contributed by atoms with Gasteiger partial charge in [0.05, 0.1) is 12.1 Å². The summed E-state index contributed by atoms with van der Waals surface area (Å²) in [7, 11) is 1.64. The SMILES string of the molecule is COc1ccc(C(Br)C2CC2(C)C)cc1Cl. The lowest BCUT2D eigenvalue weighted by atomic mass is 10.0. The Balaban J connectivity index is 2.19. The van der Waals surface area contributed by atoms with Crippen LogP contribution in [-0.4, -0.2) is 7.11 Å².